The number of halogens is 1. The highest BCUT2D eigenvalue weighted by molar-refractivity contribution is 5.90. The van der Waals surface area contributed by atoms with Crippen LogP contribution in [0.5, 0.6) is 0 Å². The molecule has 100 valence electrons. The van der Waals surface area contributed by atoms with Gasteiger partial charge in [0.2, 0.25) is 5.91 Å². The Morgan fingerprint density at radius 2 is 2.11 bits per heavy atom. The molecular formula is C13H15FN4O. The number of hydrogen-bond acceptors (Lipinski definition) is 3. The Balaban J connectivity index is 1.97. The van der Waals surface area contributed by atoms with E-state index in [-0.39, 0.29) is 18.3 Å². The number of hydrogen-bond donors (Lipinski definition) is 2. The topological polar surface area (TPSA) is 59.0 Å². The summed E-state index contributed by atoms with van der Waals surface area (Å²) in [5.74, 6) is 0.280. The Bertz CT molecular complexity index is 550. The van der Waals surface area contributed by atoms with Gasteiger partial charge in [-0.25, -0.2) is 9.37 Å². The van der Waals surface area contributed by atoms with Crippen LogP contribution in [0.1, 0.15) is 5.82 Å². The summed E-state index contributed by atoms with van der Waals surface area (Å²) in [5.41, 5.74) is 0.571. The predicted octanol–water partition coefficient (Wildman–Crippen LogP) is 1.38. The quantitative estimate of drug-likeness (QED) is 0.856. The Morgan fingerprint density at radius 3 is 2.79 bits per heavy atom. The minimum atomic E-state index is -0.330. The van der Waals surface area contributed by atoms with Gasteiger partial charge in [0.1, 0.15) is 18.2 Å². The van der Waals surface area contributed by atoms with Gasteiger partial charge in [0.05, 0.1) is 6.54 Å². The van der Waals surface area contributed by atoms with E-state index in [0.29, 0.717) is 12.2 Å². The highest BCUT2D eigenvalue weighted by Gasteiger charge is 2.07. The molecule has 1 amide bonds. The minimum absolute atomic E-state index is 0.175. The number of carbonyl (C=O) groups excluding carboxylic acids is 1. The molecule has 0 atom stereocenters. The van der Waals surface area contributed by atoms with Gasteiger partial charge in [0.25, 0.3) is 0 Å². The molecule has 2 rings (SSSR count). The van der Waals surface area contributed by atoms with Crippen molar-refractivity contribution in [2.45, 2.75) is 13.1 Å². The third kappa shape index (κ3) is 3.62. The molecule has 1 aromatic carbocycles. The van der Waals surface area contributed by atoms with Crippen molar-refractivity contribution in [1.82, 2.24) is 14.9 Å². The van der Waals surface area contributed by atoms with Crippen LogP contribution in [0.2, 0.25) is 0 Å². The van der Waals surface area contributed by atoms with Gasteiger partial charge < -0.3 is 15.2 Å². The lowest BCUT2D eigenvalue weighted by atomic mass is 10.3. The number of carbonyl (C=O) groups is 1. The van der Waals surface area contributed by atoms with Crippen LogP contribution in [0, 0.1) is 5.82 Å². The molecule has 2 aromatic rings. The van der Waals surface area contributed by atoms with Gasteiger partial charge in [-0.05, 0) is 31.3 Å². The average Bonchev–Trinajstić information content (AvgIpc) is 2.80. The first kappa shape index (κ1) is 13.2. The highest BCUT2D eigenvalue weighted by atomic mass is 19.1. The third-order valence-corrected chi connectivity index (χ3v) is 2.58. The van der Waals surface area contributed by atoms with Crippen molar-refractivity contribution < 1.29 is 9.18 Å². The van der Waals surface area contributed by atoms with E-state index in [9.17, 15) is 9.18 Å². The largest absolute Gasteiger partial charge is 0.325 e. The second-order valence-electron chi connectivity index (χ2n) is 4.06. The van der Waals surface area contributed by atoms with Crippen LogP contribution in [0.4, 0.5) is 10.1 Å². The maximum Gasteiger partial charge on any atom is 0.244 e. The van der Waals surface area contributed by atoms with Crippen molar-refractivity contribution in [2.75, 3.05) is 12.4 Å². The van der Waals surface area contributed by atoms with E-state index >= 15 is 0 Å². The Labute approximate surface area is 110 Å². The van der Waals surface area contributed by atoms with Crippen LogP contribution in [0.25, 0.3) is 0 Å². The van der Waals surface area contributed by atoms with Crippen LogP contribution in [-0.4, -0.2) is 22.5 Å². The fraction of sp³-hybridized carbons (Fsp3) is 0.231. The summed E-state index contributed by atoms with van der Waals surface area (Å²) in [6.45, 7) is 0.769. The fourth-order valence-corrected chi connectivity index (χ4v) is 1.70. The van der Waals surface area contributed by atoms with Crippen LogP contribution < -0.4 is 10.6 Å². The van der Waals surface area contributed by atoms with Crippen molar-refractivity contribution in [3.8, 4) is 0 Å². The third-order valence-electron chi connectivity index (χ3n) is 2.58. The second kappa shape index (κ2) is 6.10. The zero-order chi connectivity index (χ0) is 13.7. The molecule has 5 nitrogen and oxygen atoms in total. The molecule has 0 aliphatic rings. The van der Waals surface area contributed by atoms with Gasteiger partial charge in [-0.15, -0.1) is 0 Å². The summed E-state index contributed by atoms with van der Waals surface area (Å²) in [7, 11) is 1.82. The fourth-order valence-electron chi connectivity index (χ4n) is 1.70. The van der Waals surface area contributed by atoms with E-state index in [1.807, 2.05) is 7.05 Å². The summed E-state index contributed by atoms with van der Waals surface area (Å²) >= 11 is 0. The number of benzene rings is 1. The first-order valence-electron chi connectivity index (χ1n) is 5.89. The van der Waals surface area contributed by atoms with E-state index in [4.69, 9.17) is 0 Å². The highest BCUT2D eigenvalue weighted by Crippen LogP contribution is 2.08. The van der Waals surface area contributed by atoms with E-state index < -0.39 is 0 Å². The zero-order valence-electron chi connectivity index (χ0n) is 10.6. The number of anilines is 1. The molecule has 2 N–H and O–H groups in total. The normalized spacial score (nSPS) is 10.4. The number of rotatable bonds is 5. The van der Waals surface area contributed by atoms with Crippen LogP contribution in [0.3, 0.4) is 0 Å². The lowest BCUT2D eigenvalue weighted by Crippen LogP contribution is -2.21. The number of aromatic nitrogens is 2. The molecule has 0 saturated heterocycles. The zero-order valence-corrected chi connectivity index (χ0v) is 10.6. The number of imidazole rings is 1. The lowest BCUT2D eigenvalue weighted by Gasteiger charge is -2.08. The molecule has 0 unspecified atom stereocenters. The first-order valence-corrected chi connectivity index (χ1v) is 5.89. The minimum Gasteiger partial charge on any atom is -0.325 e. The van der Waals surface area contributed by atoms with Gasteiger partial charge in [-0.3, -0.25) is 4.79 Å². The Morgan fingerprint density at radius 1 is 1.37 bits per heavy atom. The summed E-state index contributed by atoms with van der Waals surface area (Å²) in [4.78, 5) is 16.0. The SMILES string of the molecule is CNCc1nccn1CC(=O)Nc1ccc(F)cc1. The van der Waals surface area contributed by atoms with Crippen LogP contribution >= 0.6 is 0 Å². The van der Waals surface area contributed by atoms with Gasteiger partial charge in [0, 0.05) is 18.1 Å². The van der Waals surface area contributed by atoms with E-state index in [0.717, 1.165) is 5.82 Å². The standard InChI is InChI=1S/C13H15FN4O/c1-15-8-12-16-6-7-18(12)9-13(19)17-11-4-2-10(14)3-5-11/h2-7,15H,8-9H2,1H3,(H,17,19). The first-order chi connectivity index (χ1) is 9.19. The molecular weight excluding hydrogens is 247 g/mol. The average molecular weight is 262 g/mol. The van der Waals surface area contributed by atoms with Crippen molar-refractivity contribution in [3.63, 3.8) is 0 Å². The molecule has 19 heavy (non-hydrogen) atoms. The van der Waals surface area contributed by atoms with Gasteiger partial charge in [-0.1, -0.05) is 0 Å². The monoisotopic (exact) mass is 262 g/mol. The summed E-state index contributed by atoms with van der Waals surface area (Å²) in [6.07, 6.45) is 3.40. The molecule has 0 bridgehead atoms. The molecule has 0 radical (unpaired) electrons. The molecule has 0 spiro atoms. The number of amides is 1. The predicted molar refractivity (Wildman–Crippen MR) is 70.0 cm³/mol. The molecule has 0 saturated carbocycles. The molecule has 0 fully saturated rings. The number of nitrogens with zero attached hydrogens (tertiary/aromatic N) is 2. The summed E-state index contributed by atoms with van der Waals surface area (Å²) < 4.78 is 14.5. The van der Waals surface area contributed by atoms with E-state index in [2.05, 4.69) is 15.6 Å². The van der Waals surface area contributed by atoms with Crippen molar-refractivity contribution in [1.29, 1.82) is 0 Å². The molecule has 0 aliphatic heterocycles. The van der Waals surface area contributed by atoms with E-state index in [1.165, 1.54) is 24.3 Å². The van der Waals surface area contributed by atoms with Crippen LogP contribution in [-0.2, 0) is 17.9 Å². The molecule has 1 heterocycles. The molecule has 1 aromatic heterocycles. The Hall–Kier alpha value is -2.21. The van der Waals surface area contributed by atoms with Crippen LogP contribution in [0.15, 0.2) is 36.7 Å². The smallest absolute Gasteiger partial charge is 0.244 e. The summed E-state index contributed by atoms with van der Waals surface area (Å²) in [5, 5.41) is 5.69. The maximum atomic E-state index is 12.7. The maximum absolute atomic E-state index is 12.7. The number of nitrogens with one attached hydrogen (secondary N) is 2. The van der Waals surface area contributed by atoms with E-state index in [1.54, 1.807) is 17.0 Å². The molecule has 0 aliphatic carbocycles. The molecule has 6 heteroatoms. The van der Waals surface area contributed by atoms with Crippen molar-refractivity contribution in [3.05, 3.63) is 48.3 Å². The van der Waals surface area contributed by atoms with Crippen molar-refractivity contribution >= 4 is 11.6 Å². The van der Waals surface area contributed by atoms with Crippen molar-refractivity contribution in [2.24, 2.45) is 0 Å². The lowest BCUT2D eigenvalue weighted by molar-refractivity contribution is -0.116. The summed E-state index contributed by atoms with van der Waals surface area (Å²) in [6, 6.07) is 5.66. The van der Waals surface area contributed by atoms with Gasteiger partial charge in [0.15, 0.2) is 0 Å². The van der Waals surface area contributed by atoms with Gasteiger partial charge in [-0.2, -0.15) is 0 Å². The second-order valence-corrected chi connectivity index (χ2v) is 4.06. The van der Waals surface area contributed by atoms with Gasteiger partial charge >= 0.3 is 0 Å². The Kier molecular flexibility index (Phi) is 4.25.